The molecule has 1 aromatic heterocycles. The second kappa shape index (κ2) is 12.7. The van der Waals surface area contributed by atoms with Crippen LogP contribution in [-0.2, 0) is 22.6 Å². The van der Waals surface area contributed by atoms with Crippen molar-refractivity contribution in [3.05, 3.63) is 136 Å². The maximum atomic E-state index is 13.2. The summed E-state index contributed by atoms with van der Waals surface area (Å²) in [6.45, 7) is 1.68. The first-order chi connectivity index (χ1) is 20.0. The molecule has 0 aliphatic rings. The number of esters is 1. The zero-order valence-electron chi connectivity index (χ0n) is 22.2. The van der Waals surface area contributed by atoms with Crippen LogP contribution in [0.1, 0.15) is 16.9 Å². The van der Waals surface area contributed by atoms with Crippen molar-refractivity contribution in [2.24, 2.45) is 0 Å². The van der Waals surface area contributed by atoms with Crippen LogP contribution in [0.5, 0.6) is 17.2 Å². The minimum atomic E-state index is -1.04. The van der Waals surface area contributed by atoms with Crippen molar-refractivity contribution in [3.63, 3.8) is 0 Å². The van der Waals surface area contributed by atoms with Crippen LogP contribution < -0.4 is 20.2 Å². The number of nitrogens with one attached hydrogen (secondary N) is 1. The summed E-state index contributed by atoms with van der Waals surface area (Å²) in [5.41, 5.74) is 1.52. The number of para-hydroxylation sites is 1. The second-order valence-corrected chi connectivity index (χ2v) is 9.26. The first-order valence-corrected chi connectivity index (χ1v) is 13.0. The van der Waals surface area contributed by atoms with Crippen LogP contribution >= 0.6 is 0 Å². The molecule has 0 bridgehead atoms. The van der Waals surface area contributed by atoms with E-state index in [1.165, 1.54) is 18.2 Å². The molecule has 1 atom stereocenters. The van der Waals surface area contributed by atoms with E-state index >= 15 is 0 Å². The molecule has 0 unspecified atom stereocenters. The number of carbonyl (C=O) groups excluding carboxylic acids is 2. The van der Waals surface area contributed by atoms with E-state index in [0.717, 1.165) is 11.1 Å². The van der Waals surface area contributed by atoms with Crippen molar-refractivity contribution in [1.29, 1.82) is 0 Å². The van der Waals surface area contributed by atoms with E-state index in [9.17, 15) is 14.4 Å². The van der Waals surface area contributed by atoms with Gasteiger partial charge in [0.1, 0.15) is 35.5 Å². The van der Waals surface area contributed by atoms with Gasteiger partial charge in [0.25, 0.3) is 0 Å². The van der Waals surface area contributed by atoms with Gasteiger partial charge in [0.05, 0.1) is 5.39 Å². The Morgan fingerprint density at radius 3 is 2.12 bits per heavy atom. The van der Waals surface area contributed by atoms with Gasteiger partial charge in [0, 0.05) is 12.5 Å². The summed E-state index contributed by atoms with van der Waals surface area (Å²) < 4.78 is 22.6. The number of fused-ring (bicyclic) bond motifs is 1. The average molecular weight is 550 g/mol. The molecule has 5 aromatic rings. The highest BCUT2D eigenvalue weighted by Crippen LogP contribution is 2.27. The third-order valence-electron chi connectivity index (χ3n) is 6.24. The van der Waals surface area contributed by atoms with Crippen molar-refractivity contribution in [3.8, 4) is 17.2 Å². The Morgan fingerprint density at radius 2 is 1.44 bits per heavy atom. The molecule has 5 rings (SSSR count). The van der Waals surface area contributed by atoms with Crippen molar-refractivity contribution >= 4 is 23.0 Å². The molecule has 41 heavy (non-hydrogen) atoms. The summed E-state index contributed by atoms with van der Waals surface area (Å²) in [6, 6.07) is 30.8. The first kappa shape index (κ1) is 27.2. The van der Waals surface area contributed by atoms with Crippen LogP contribution in [0.4, 0.5) is 4.79 Å². The van der Waals surface area contributed by atoms with Gasteiger partial charge < -0.3 is 23.9 Å². The molecule has 0 aliphatic carbocycles. The normalized spacial score (nSPS) is 11.4. The summed E-state index contributed by atoms with van der Waals surface area (Å²) in [5.74, 6) is 0.313. The standard InChI is InChI=1S/C33H27NO7/c1-22-31(40-25-15-9-4-10-16-25)30(35)27-18-17-26(20-29(27)39-22)41-32(36)28(19-23-11-5-2-6-12-23)34-33(37)38-21-24-13-7-3-8-14-24/h2-18,20,28H,19,21H2,1H3,(H,34,37)/t28-/m1/s1. The smallest absolute Gasteiger partial charge is 0.408 e. The van der Waals surface area contributed by atoms with Gasteiger partial charge in [-0.15, -0.1) is 0 Å². The number of carbonyl (C=O) groups is 2. The molecule has 0 spiro atoms. The maximum absolute atomic E-state index is 13.2. The Balaban J connectivity index is 1.33. The Morgan fingerprint density at radius 1 is 0.805 bits per heavy atom. The van der Waals surface area contributed by atoms with E-state index in [-0.39, 0.29) is 46.7 Å². The van der Waals surface area contributed by atoms with E-state index < -0.39 is 18.1 Å². The van der Waals surface area contributed by atoms with Crippen molar-refractivity contribution in [1.82, 2.24) is 5.32 Å². The third kappa shape index (κ3) is 6.99. The van der Waals surface area contributed by atoms with E-state index in [1.807, 2.05) is 66.7 Å². The molecule has 206 valence electrons. The lowest BCUT2D eigenvalue weighted by molar-refractivity contribution is -0.136. The molecule has 4 aromatic carbocycles. The molecule has 8 nitrogen and oxygen atoms in total. The van der Waals surface area contributed by atoms with Gasteiger partial charge in [-0.2, -0.15) is 0 Å². The van der Waals surface area contributed by atoms with Crippen LogP contribution in [-0.4, -0.2) is 18.1 Å². The summed E-state index contributed by atoms with van der Waals surface area (Å²) >= 11 is 0. The largest absolute Gasteiger partial charge is 0.457 e. The quantitative estimate of drug-likeness (QED) is 0.169. The molecular formula is C33H27NO7. The molecule has 1 N–H and O–H groups in total. The maximum Gasteiger partial charge on any atom is 0.408 e. The van der Waals surface area contributed by atoms with Crippen molar-refractivity contribution in [2.75, 3.05) is 0 Å². The number of aryl methyl sites for hydroxylation is 1. The lowest BCUT2D eigenvalue weighted by Crippen LogP contribution is -2.44. The van der Waals surface area contributed by atoms with Gasteiger partial charge in [-0.05, 0) is 42.3 Å². The monoisotopic (exact) mass is 549 g/mol. The molecule has 0 saturated carbocycles. The van der Waals surface area contributed by atoms with E-state index in [4.69, 9.17) is 18.6 Å². The number of alkyl carbamates (subject to hydrolysis) is 1. The van der Waals surface area contributed by atoms with Crippen LogP contribution in [0.2, 0.25) is 0 Å². The fraction of sp³-hybridized carbons (Fsp3) is 0.121. The minimum absolute atomic E-state index is 0.0544. The van der Waals surface area contributed by atoms with Gasteiger partial charge >= 0.3 is 12.1 Å². The molecule has 0 aliphatic heterocycles. The van der Waals surface area contributed by atoms with Crippen molar-refractivity contribution in [2.45, 2.75) is 26.0 Å². The topological polar surface area (TPSA) is 104 Å². The highest BCUT2D eigenvalue weighted by atomic mass is 16.6. The zero-order chi connectivity index (χ0) is 28.6. The van der Waals surface area contributed by atoms with Crippen LogP contribution in [0.15, 0.2) is 118 Å². The minimum Gasteiger partial charge on any atom is -0.457 e. The lowest BCUT2D eigenvalue weighted by Gasteiger charge is -2.18. The average Bonchev–Trinajstić information content (AvgIpc) is 2.99. The molecule has 1 heterocycles. The molecule has 0 radical (unpaired) electrons. The fourth-order valence-corrected chi connectivity index (χ4v) is 4.19. The van der Waals surface area contributed by atoms with Gasteiger partial charge in [-0.25, -0.2) is 9.59 Å². The molecule has 0 fully saturated rings. The number of rotatable bonds is 9. The molecule has 8 heteroatoms. The second-order valence-electron chi connectivity index (χ2n) is 9.26. The molecule has 1 amide bonds. The van der Waals surface area contributed by atoms with E-state index in [0.29, 0.717) is 5.75 Å². The van der Waals surface area contributed by atoms with Crippen LogP contribution in [0.25, 0.3) is 11.0 Å². The predicted octanol–water partition coefficient (Wildman–Crippen LogP) is 6.34. The SMILES string of the molecule is Cc1oc2cc(OC(=O)[C@@H](Cc3ccccc3)NC(=O)OCc3ccccc3)ccc2c(=O)c1Oc1ccccc1. The number of ether oxygens (including phenoxy) is 3. The summed E-state index contributed by atoms with van der Waals surface area (Å²) in [7, 11) is 0. The zero-order valence-corrected chi connectivity index (χ0v) is 22.2. The fourth-order valence-electron chi connectivity index (χ4n) is 4.19. The lowest BCUT2D eigenvalue weighted by atomic mass is 10.1. The number of benzene rings is 4. The Bertz CT molecular complexity index is 1700. The summed E-state index contributed by atoms with van der Waals surface area (Å²) in [6.07, 6.45) is -0.569. The predicted molar refractivity (Wildman–Crippen MR) is 153 cm³/mol. The number of hydrogen-bond acceptors (Lipinski definition) is 7. The van der Waals surface area contributed by atoms with Gasteiger partial charge in [0.15, 0.2) is 0 Å². The summed E-state index contributed by atoms with van der Waals surface area (Å²) in [5, 5.41) is 2.88. The number of amides is 1. The van der Waals surface area contributed by atoms with Gasteiger partial charge in [-0.3, -0.25) is 4.79 Å². The molecular weight excluding hydrogens is 522 g/mol. The first-order valence-electron chi connectivity index (χ1n) is 13.0. The summed E-state index contributed by atoms with van der Waals surface area (Å²) in [4.78, 5) is 39.0. The van der Waals surface area contributed by atoms with Crippen LogP contribution in [0, 0.1) is 6.92 Å². The third-order valence-corrected chi connectivity index (χ3v) is 6.24. The Kier molecular flexibility index (Phi) is 8.40. The van der Waals surface area contributed by atoms with E-state index in [2.05, 4.69) is 5.32 Å². The molecule has 0 saturated heterocycles. The highest BCUT2D eigenvalue weighted by Gasteiger charge is 2.25. The van der Waals surface area contributed by atoms with E-state index in [1.54, 1.807) is 31.2 Å². The van der Waals surface area contributed by atoms with Crippen LogP contribution in [0.3, 0.4) is 0 Å². The van der Waals surface area contributed by atoms with Gasteiger partial charge in [0.2, 0.25) is 11.2 Å². The Labute approximate surface area is 236 Å². The highest BCUT2D eigenvalue weighted by molar-refractivity contribution is 5.85. The van der Waals surface area contributed by atoms with Crippen molar-refractivity contribution < 1.29 is 28.2 Å². The van der Waals surface area contributed by atoms with Gasteiger partial charge in [-0.1, -0.05) is 78.9 Å². The number of hydrogen-bond donors (Lipinski definition) is 1. The Hall–Kier alpha value is -5.37.